The van der Waals surface area contributed by atoms with Gasteiger partial charge in [0.2, 0.25) is 0 Å². The molecule has 11 fully saturated rings. The molecule has 11 aliphatic heterocycles. The van der Waals surface area contributed by atoms with E-state index >= 15 is 0 Å². The lowest BCUT2D eigenvalue weighted by molar-refractivity contribution is -0.0821. The molecule has 8 atom stereocenters. The SMILES string of the molecule is CC(C)(C)C1CCCOC1.CC(C)(C)C1CCNC1.CC(C)(C)C1CCOC1.CC(C)(C)C1CCOCC1.CC(C)(C)C1CCS(=O)(=O)C1.CC(C)(C)C1COC1.CC(C)C1CCN(C)CC1.CC(C)C1CCNCC1.CC1CC(C(C)(C)C)CCO1.CN1CCC(C(C)(C)C)C1.CN1CCCC(C(C)(C)C)C1. The van der Waals surface area contributed by atoms with E-state index in [-0.39, 0.29) is 5.41 Å². The van der Waals surface area contributed by atoms with E-state index in [1.165, 1.54) is 162 Å². The minimum Gasteiger partial charge on any atom is -0.381 e. The predicted molar refractivity (Wildman–Crippen MR) is 473 cm³/mol. The lowest BCUT2D eigenvalue weighted by Gasteiger charge is -2.38. The van der Waals surface area contributed by atoms with Crippen molar-refractivity contribution in [3.8, 4) is 0 Å². The third kappa shape index (κ3) is 47.7. The summed E-state index contributed by atoms with van der Waals surface area (Å²) in [5, 5.41) is 6.75. The highest BCUT2D eigenvalue weighted by molar-refractivity contribution is 7.91. The van der Waals surface area contributed by atoms with Crippen molar-refractivity contribution in [2.75, 3.05) is 158 Å². The van der Waals surface area contributed by atoms with E-state index in [2.05, 4.69) is 268 Å². The molecule has 11 saturated heterocycles. The van der Waals surface area contributed by atoms with Gasteiger partial charge in [-0.1, -0.05) is 215 Å². The van der Waals surface area contributed by atoms with E-state index in [4.69, 9.17) is 23.7 Å². The zero-order chi connectivity index (χ0) is 82.9. The summed E-state index contributed by atoms with van der Waals surface area (Å²) in [5.41, 5.74) is 4.03. The number of ether oxygens (including phenoxy) is 5. The van der Waals surface area contributed by atoms with Gasteiger partial charge in [0.05, 0.1) is 30.8 Å². The lowest BCUT2D eigenvalue weighted by Crippen LogP contribution is -2.38. The molecule has 108 heavy (non-hydrogen) atoms. The van der Waals surface area contributed by atoms with Gasteiger partial charge < -0.3 is 49.0 Å². The Morgan fingerprint density at radius 2 is 0.713 bits per heavy atom. The van der Waals surface area contributed by atoms with Crippen LogP contribution in [0, 0.1) is 126 Å². The molecule has 11 heterocycles. The van der Waals surface area contributed by atoms with Crippen molar-refractivity contribution in [1.82, 2.24) is 25.3 Å². The molecule has 11 rings (SSSR count). The molecule has 0 amide bonds. The van der Waals surface area contributed by atoms with Gasteiger partial charge in [-0.2, -0.15) is 0 Å². The van der Waals surface area contributed by atoms with Crippen LogP contribution >= 0.6 is 0 Å². The summed E-state index contributed by atoms with van der Waals surface area (Å²) in [5.74, 6) is 11.8. The van der Waals surface area contributed by atoms with Gasteiger partial charge in [-0.3, -0.25) is 0 Å². The molecule has 0 bridgehead atoms. The summed E-state index contributed by atoms with van der Waals surface area (Å²) in [4.78, 5) is 7.31. The smallest absolute Gasteiger partial charge is 0.150 e. The number of nitrogens with zero attached hydrogens (tertiary/aromatic N) is 3. The highest BCUT2D eigenvalue weighted by atomic mass is 32.2. The number of likely N-dealkylation sites (tertiary alicyclic amines) is 3. The number of hydrogen-bond donors (Lipinski definition) is 2. The summed E-state index contributed by atoms with van der Waals surface area (Å²) in [6.07, 6.45) is 21.3. The van der Waals surface area contributed by atoms with Crippen LogP contribution in [0.2, 0.25) is 0 Å². The molecule has 11 aliphatic rings. The number of nitrogens with one attached hydrogen (secondary N) is 2. The molecule has 0 aromatic heterocycles. The normalized spacial score (nSPS) is 27.7. The average Bonchev–Trinajstić information content (AvgIpc) is 1.64. The highest BCUT2D eigenvalue weighted by Gasteiger charge is 2.37. The molecule has 2 N–H and O–H groups in total. The zero-order valence-electron chi connectivity index (χ0n) is 79.4. The maximum absolute atomic E-state index is 11.1. The Bertz CT molecular complexity index is 2220. The first kappa shape index (κ1) is 106. The summed E-state index contributed by atoms with van der Waals surface area (Å²) >= 11 is 0. The van der Waals surface area contributed by atoms with Crippen molar-refractivity contribution in [3.63, 3.8) is 0 Å². The van der Waals surface area contributed by atoms with E-state index < -0.39 is 9.84 Å². The van der Waals surface area contributed by atoms with Crippen molar-refractivity contribution in [2.45, 2.75) is 330 Å². The lowest BCUT2D eigenvalue weighted by atomic mass is 9.75. The molecule has 8 unspecified atom stereocenters. The van der Waals surface area contributed by atoms with Crippen LogP contribution in [0.3, 0.4) is 0 Å². The van der Waals surface area contributed by atoms with E-state index in [1.54, 1.807) is 0 Å². The summed E-state index contributed by atoms with van der Waals surface area (Å²) in [6, 6.07) is 0. The van der Waals surface area contributed by atoms with Gasteiger partial charge in [0.1, 0.15) is 0 Å². The van der Waals surface area contributed by atoms with Crippen LogP contribution in [-0.4, -0.2) is 187 Å². The van der Waals surface area contributed by atoms with E-state index in [9.17, 15) is 8.42 Å². The molecular formula is C95H195N5O7S. The van der Waals surface area contributed by atoms with Crippen molar-refractivity contribution in [1.29, 1.82) is 0 Å². The Morgan fingerprint density at radius 3 is 0.972 bits per heavy atom. The Kier molecular flexibility index (Phi) is 48.6. The molecule has 0 radical (unpaired) electrons. The third-order valence-electron chi connectivity index (χ3n) is 26.8. The molecule has 0 spiro atoms. The quantitative estimate of drug-likeness (QED) is 0.274. The van der Waals surface area contributed by atoms with Gasteiger partial charge in [-0.25, -0.2) is 8.42 Å². The van der Waals surface area contributed by atoms with Crippen LogP contribution in [-0.2, 0) is 33.5 Å². The first-order valence-electron chi connectivity index (χ1n) is 44.9. The first-order valence-corrected chi connectivity index (χ1v) is 46.8. The molecule has 0 aliphatic carbocycles. The Labute approximate surface area is 677 Å². The minimum absolute atomic E-state index is 0.156. The van der Waals surface area contributed by atoms with Crippen LogP contribution in [0.1, 0.15) is 324 Å². The van der Waals surface area contributed by atoms with Crippen LogP contribution in [0.5, 0.6) is 0 Å². The van der Waals surface area contributed by atoms with Crippen molar-refractivity contribution in [3.05, 3.63) is 0 Å². The summed E-state index contributed by atoms with van der Waals surface area (Å²) < 4.78 is 48.7. The van der Waals surface area contributed by atoms with Gasteiger partial charge in [-0.05, 0) is 303 Å². The number of hydrogen-bond acceptors (Lipinski definition) is 12. The van der Waals surface area contributed by atoms with Crippen molar-refractivity contribution >= 4 is 9.84 Å². The van der Waals surface area contributed by atoms with Crippen LogP contribution in [0.4, 0.5) is 0 Å². The van der Waals surface area contributed by atoms with E-state index in [1.807, 2.05) is 0 Å². The standard InChI is InChI=1S/C10H21N.C10H20O.2C9H19N.2C9H18O.2C8H17N.C8H16O2S.C8H16O.C7H14O/c1-10(2,3)9-6-5-7-11(4)8-9;1-8-7-9(5-6-11-8)10(2,3)4;1-9(2,3)8-5-6-10(4)7-8;1-8(2)9-4-6-10(3)7-5-9;1-9(2,3)8-4-6-10-7-5-8;1-9(2,3)8-5-4-6-10-7-8;1-8(2,3)7-4-5-9-6-7;1-7(2)8-3-5-9-6-4-8;1-8(2,3)7-4-5-11(9,10)6-7;1-8(2,3)7-4-5-9-6-7;1-7(2,3)6-4-8-5-6/h9H,5-8H2,1-4H3;8-9H,5-7H2,1-4H3;8H,5-7H2,1-4H3;8-9H,4-7H2,1-3H3;2*8H,4-7H2,1-3H3;7,9H,4-6H2,1-3H3;7-9H,3-6H2,1-2H3;7H,4-6H2,1-3H3;7H,4-6H2,1-3H3;6H,4-5H2,1-3H3. The molecule has 648 valence electrons. The largest absolute Gasteiger partial charge is 0.381 e. The number of rotatable bonds is 2. The number of piperidine rings is 3. The Hall–Kier alpha value is -0.450. The van der Waals surface area contributed by atoms with E-state index in [0.717, 1.165) is 137 Å². The summed E-state index contributed by atoms with van der Waals surface area (Å²) in [6.45, 7) is 94.9. The monoisotopic (exact) mass is 1550 g/mol. The van der Waals surface area contributed by atoms with Crippen LogP contribution in [0.25, 0.3) is 0 Å². The fourth-order valence-corrected chi connectivity index (χ4v) is 18.4. The van der Waals surface area contributed by atoms with Gasteiger partial charge in [0.25, 0.3) is 0 Å². The third-order valence-corrected chi connectivity index (χ3v) is 28.6. The topological polar surface area (TPSA) is 114 Å². The minimum atomic E-state index is -2.68. The van der Waals surface area contributed by atoms with Crippen molar-refractivity contribution in [2.24, 2.45) is 126 Å². The van der Waals surface area contributed by atoms with Gasteiger partial charge >= 0.3 is 0 Å². The maximum Gasteiger partial charge on any atom is 0.150 e. The van der Waals surface area contributed by atoms with Gasteiger partial charge in [0.15, 0.2) is 9.84 Å². The second-order valence-corrected chi connectivity index (χ2v) is 48.4. The molecule has 0 aromatic carbocycles. The van der Waals surface area contributed by atoms with Crippen LogP contribution in [0.15, 0.2) is 0 Å². The molecule has 13 heteroatoms. The number of sulfone groups is 1. The average molecular weight is 1550 g/mol. The zero-order valence-corrected chi connectivity index (χ0v) is 80.2. The highest BCUT2D eigenvalue weighted by Crippen LogP contribution is 2.40. The molecule has 0 saturated carbocycles. The molecule has 12 nitrogen and oxygen atoms in total. The van der Waals surface area contributed by atoms with E-state index in [0.29, 0.717) is 66.8 Å². The Balaban J connectivity index is 0.000000595. The Morgan fingerprint density at radius 1 is 0.333 bits per heavy atom. The second-order valence-electron chi connectivity index (χ2n) is 46.1. The second kappa shape index (κ2) is 49.7. The first-order chi connectivity index (χ1) is 49.3. The van der Waals surface area contributed by atoms with Gasteiger partial charge in [-0.15, -0.1) is 0 Å². The van der Waals surface area contributed by atoms with Gasteiger partial charge in [0, 0.05) is 65.3 Å². The summed E-state index contributed by atoms with van der Waals surface area (Å²) in [7, 11) is 3.99. The fourth-order valence-electron chi connectivity index (χ4n) is 16.3. The molecular weight excluding hydrogens is 1360 g/mol. The van der Waals surface area contributed by atoms with Crippen LogP contribution < -0.4 is 10.6 Å². The predicted octanol–water partition coefficient (Wildman–Crippen LogP) is 22.6. The van der Waals surface area contributed by atoms with Crippen molar-refractivity contribution < 1.29 is 32.1 Å². The maximum atomic E-state index is 11.1. The molecule has 0 aromatic rings. The fraction of sp³-hybridized carbons (Fsp3) is 1.00.